The molecule has 3 heterocycles. The Morgan fingerprint density at radius 2 is 2.45 bits per heavy atom. The number of hydrogen-bond donors (Lipinski definition) is 2. The molecule has 0 unspecified atom stereocenters. The summed E-state index contributed by atoms with van der Waals surface area (Å²) >= 11 is 0. The van der Waals surface area contributed by atoms with Gasteiger partial charge in [0.2, 0.25) is 5.91 Å². The van der Waals surface area contributed by atoms with Gasteiger partial charge in [-0.25, -0.2) is 0 Å². The SMILES string of the molecule is Cn1nccc1[C@@H]1NC(=O)CC[C@H]1NCc1ccco1. The minimum Gasteiger partial charge on any atom is -0.468 e. The van der Waals surface area contributed by atoms with Gasteiger partial charge in [0.15, 0.2) is 0 Å². The molecular formula is C14H18N4O2. The van der Waals surface area contributed by atoms with Gasteiger partial charge in [0.25, 0.3) is 0 Å². The molecule has 1 fully saturated rings. The van der Waals surface area contributed by atoms with Crippen LogP contribution in [0.3, 0.4) is 0 Å². The van der Waals surface area contributed by atoms with Crippen LogP contribution < -0.4 is 10.6 Å². The number of hydrogen-bond acceptors (Lipinski definition) is 4. The molecule has 6 nitrogen and oxygen atoms in total. The molecule has 1 aliphatic rings. The second-order valence-electron chi connectivity index (χ2n) is 5.03. The molecule has 1 saturated heterocycles. The Hall–Kier alpha value is -2.08. The van der Waals surface area contributed by atoms with Crippen molar-refractivity contribution in [2.24, 2.45) is 7.05 Å². The average molecular weight is 274 g/mol. The topological polar surface area (TPSA) is 72.1 Å². The van der Waals surface area contributed by atoms with Crippen LogP contribution in [0.5, 0.6) is 0 Å². The zero-order valence-electron chi connectivity index (χ0n) is 11.4. The lowest BCUT2D eigenvalue weighted by molar-refractivity contribution is -0.124. The van der Waals surface area contributed by atoms with Crippen molar-refractivity contribution >= 4 is 5.91 Å². The molecule has 2 aromatic heterocycles. The molecule has 2 atom stereocenters. The van der Waals surface area contributed by atoms with Crippen LogP contribution in [0.1, 0.15) is 30.3 Å². The third-order valence-corrected chi connectivity index (χ3v) is 3.70. The maximum Gasteiger partial charge on any atom is 0.220 e. The molecule has 0 saturated carbocycles. The van der Waals surface area contributed by atoms with E-state index in [2.05, 4.69) is 15.7 Å². The number of amides is 1. The molecule has 2 aromatic rings. The summed E-state index contributed by atoms with van der Waals surface area (Å²) in [6.07, 6.45) is 4.77. The van der Waals surface area contributed by atoms with Crippen LogP contribution in [-0.2, 0) is 18.4 Å². The number of furan rings is 1. The second kappa shape index (κ2) is 5.50. The Balaban J connectivity index is 1.73. The number of aryl methyl sites for hydroxylation is 1. The fourth-order valence-corrected chi connectivity index (χ4v) is 2.63. The molecule has 1 amide bonds. The van der Waals surface area contributed by atoms with Crippen LogP contribution in [0.4, 0.5) is 0 Å². The van der Waals surface area contributed by atoms with E-state index in [9.17, 15) is 4.79 Å². The van der Waals surface area contributed by atoms with E-state index >= 15 is 0 Å². The van der Waals surface area contributed by atoms with E-state index in [-0.39, 0.29) is 18.0 Å². The highest BCUT2D eigenvalue weighted by molar-refractivity contribution is 5.77. The van der Waals surface area contributed by atoms with Gasteiger partial charge in [-0.3, -0.25) is 9.48 Å². The number of piperidine rings is 1. The third-order valence-electron chi connectivity index (χ3n) is 3.70. The first-order valence-corrected chi connectivity index (χ1v) is 6.77. The fourth-order valence-electron chi connectivity index (χ4n) is 2.63. The number of nitrogens with one attached hydrogen (secondary N) is 2. The minimum atomic E-state index is -0.0567. The van der Waals surface area contributed by atoms with E-state index in [0.717, 1.165) is 17.9 Å². The Morgan fingerprint density at radius 3 is 3.15 bits per heavy atom. The molecule has 0 aromatic carbocycles. The number of rotatable bonds is 4. The molecular weight excluding hydrogens is 256 g/mol. The van der Waals surface area contributed by atoms with Crippen LogP contribution in [0, 0.1) is 0 Å². The predicted molar refractivity (Wildman–Crippen MR) is 72.7 cm³/mol. The standard InChI is InChI=1S/C14H18N4O2/c1-18-12(6-7-16-18)14-11(4-5-13(19)17-14)15-9-10-3-2-8-20-10/h2-3,6-8,11,14-15H,4-5,9H2,1H3,(H,17,19)/t11-,14-/m1/s1. The Bertz CT molecular complexity index is 576. The van der Waals surface area contributed by atoms with E-state index in [1.165, 1.54) is 0 Å². The molecule has 0 radical (unpaired) electrons. The highest BCUT2D eigenvalue weighted by atomic mass is 16.3. The number of carbonyl (C=O) groups excluding carboxylic acids is 1. The molecule has 2 N–H and O–H groups in total. The smallest absolute Gasteiger partial charge is 0.220 e. The summed E-state index contributed by atoms with van der Waals surface area (Å²) in [5.74, 6) is 0.984. The van der Waals surface area contributed by atoms with E-state index < -0.39 is 0 Å². The Labute approximate surface area is 117 Å². The third kappa shape index (κ3) is 2.60. The average Bonchev–Trinajstić information content (AvgIpc) is 3.08. The van der Waals surface area contributed by atoms with E-state index in [0.29, 0.717) is 13.0 Å². The van der Waals surface area contributed by atoms with Gasteiger partial charge < -0.3 is 15.1 Å². The fraction of sp³-hybridized carbons (Fsp3) is 0.429. The first-order valence-electron chi connectivity index (χ1n) is 6.77. The second-order valence-corrected chi connectivity index (χ2v) is 5.03. The summed E-state index contributed by atoms with van der Waals surface area (Å²) in [5.41, 5.74) is 1.01. The normalized spacial score (nSPS) is 22.8. The zero-order chi connectivity index (χ0) is 13.9. The number of nitrogens with zero attached hydrogens (tertiary/aromatic N) is 2. The first-order chi connectivity index (χ1) is 9.74. The van der Waals surface area contributed by atoms with E-state index in [4.69, 9.17) is 4.42 Å². The van der Waals surface area contributed by atoms with Crippen molar-refractivity contribution in [3.63, 3.8) is 0 Å². The van der Waals surface area contributed by atoms with Gasteiger partial charge in [-0.1, -0.05) is 0 Å². The maximum atomic E-state index is 11.7. The molecule has 0 aliphatic carbocycles. The van der Waals surface area contributed by atoms with Crippen molar-refractivity contribution in [3.05, 3.63) is 42.1 Å². The highest BCUT2D eigenvalue weighted by Gasteiger charge is 2.31. The van der Waals surface area contributed by atoms with Gasteiger partial charge in [-0.2, -0.15) is 5.10 Å². The van der Waals surface area contributed by atoms with Crippen molar-refractivity contribution < 1.29 is 9.21 Å². The van der Waals surface area contributed by atoms with Gasteiger partial charge in [-0.15, -0.1) is 0 Å². The highest BCUT2D eigenvalue weighted by Crippen LogP contribution is 2.24. The summed E-state index contributed by atoms with van der Waals surface area (Å²) in [6.45, 7) is 0.655. The Kier molecular flexibility index (Phi) is 3.56. The van der Waals surface area contributed by atoms with Crippen molar-refractivity contribution in [1.82, 2.24) is 20.4 Å². The summed E-state index contributed by atoms with van der Waals surface area (Å²) in [5, 5.41) is 10.7. The molecule has 0 bridgehead atoms. The molecule has 106 valence electrons. The van der Waals surface area contributed by atoms with Gasteiger partial charge in [0.05, 0.1) is 24.5 Å². The molecule has 1 aliphatic heterocycles. The molecule has 6 heteroatoms. The molecule has 3 rings (SSSR count). The zero-order valence-corrected chi connectivity index (χ0v) is 11.4. The van der Waals surface area contributed by atoms with E-state index in [1.54, 1.807) is 17.1 Å². The number of aromatic nitrogens is 2. The summed E-state index contributed by atoms with van der Waals surface area (Å²) in [4.78, 5) is 11.7. The van der Waals surface area contributed by atoms with E-state index in [1.807, 2.05) is 25.2 Å². The molecule has 20 heavy (non-hydrogen) atoms. The predicted octanol–water partition coefficient (Wildman–Crippen LogP) is 1.12. The summed E-state index contributed by atoms with van der Waals surface area (Å²) in [6, 6.07) is 5.87. The Morgan fingerprint density at radius 1 is 1.55 bits per heavy atom. The quantitative estimate of drug-likeness (QED) is 0.876. The van der Waals surface area contributed by atoms with Gasteiger partial charge in [0, 0.05) is 25.7 Å². The number of carbonyl (C=O) groups is 1. The van der Waals surface area contributed by atoms with Crippen LogP contribution in [0.15, 0.2) is 35.1 Å². The van der Waals surface area contributed by atoms with Crippen molar-refractivity contribution in [2.45, 2.75) is 31.5 Å². The van der Waals surface area contributed by atoms with Crippen LogP contribution in [0.25, 0.3) is 0 Å². The lowest BCUT2D eigenvalue weighted by Crippen LogP contribution is -2.48. The van der Waals surface area contributed by atoms with Crippen molar-refractivity contribution in [2.75, 3.05) is 0 Å². The first kappa shape index (κ1) is 12.9. The van der Waals surface area contributed by atoms with Crippen LogP contribution in [0.2, 0.25) is 0 Å². The van der Waals surface area contributed by atoms with Crippen molar-refractivity contribution in [3.8, 4) is 0 Å². The monoisotopic (exact) mass is 274 g/mol. The lowest BCUT2D eigenvalue weighted by Gasteiger charge is -2.32. The van der Waals surface area contributed by atoms with Crippen LogP contribution >= 0.6 is 0 Å². The summed E-state index contributed by atoms with van der Waals surface area (Å²) in [7, 11) is 1.89. The minimum absolute atomic E-state index is 0.0567. The van der Waals surface area contributed by atoms with Gasteiger partial charge >= 0.3 is 0 Å². The maximum absolute atomic E-state index is 11.7. The van der Waals surface area contributed by atoms with Crippen molar-refractivity contribution in [1.29, 1.82) is 0 Å². The molecule has 0 spiro atoms. The van der Waals surface area contributed by atoms with Gasteiger partial charge in [-0.05, 0) is 24.6 Å². The summed E-state index contributed by atoms with van der Waals surface area (Å²) < 4.78 is 7.13. The largest absolute Gasteiger partial charge is 0.468 e. The van der Waals surface area contributed by atoms with Gasteiger partial charge in [0.1, 0.15) is 5.76 Å². The van der Waals surface area contributed by atoms with Crippen LogP contribution in [-0.4, -0.2) is 21.7 Å². The lowest BCUT2D eigenvalue weighted by atomic mass is 9.95.